The summed E-state index contributed by atoms with van der Waals surface area (Å²) in [5.74, 6) is 0.590. The van der Waals surface area contributed by atoms with E-state index < -0.39 is 0 Å². The van der Waals surface area contributed by atoms with E-state index >= 15 is 0 Å². The smallest absolute Gasteiger partial charge is 0.101 e. The highest BCUT2D eigenvalue weighted by molar-refractivity contribution is 5.62. The molecule has 1 rings (SSSR count). The summed E-state index contributed by atoms with van der Waals surface area (Å²) >= 11 is 0. The minimum atomic E-state index is 0.528. The van der Waals surface area contributed by atoms with Gasteiger partial charge in [0.2, 0.25) is 0 Å². The Bertz CT molecular complexity index is 350. The third-order valence-electron chi connectivity index (χ3n) is 1.89. The molecule has 0 atom stereocenters. The normalized spacial score (nSPS) is 9.86. The van der Waals surface area contributed by atoms with Crippen LogP contribution in [-0.4, -0.2) is 6.54 Å². The van der Waals surface area contributed by atoms with Crippen LogP contribution in [0.5, 0.6) is 0 Å². The molecule has 0 radical (unpaired) electrons. The SMILES string of the molecule is CC(C)CNc1ccc(C#N)c(N)c1. The third-order valence-corrected chi connectivity index (χ3v) is 1.89. The van der Waals surface area contributed by atoms with Crippen molar-refractivity contribution in [2.24, 2.45) is 5.92 Å². The van der Waals surface area contributed by atoms with Crippen LogP contribution in [0.15, 0.2) is 18.2 Å². The number of hydrogen-bond acceptors (Lipinski definition) is 3. The summed E-state index contributed by atoms with van der Waals surface area (Å²) in [5.41, 5.74) is 7.70. The predicted octanol–water partition coefficient (Wildman–Crippen LogP) is 2.21. The average Bonchev–Trinajstić information content (AvgIpc) is 2.15. The Morgan fingerprint density at radius 1 is 1.50 bits per heavy atom. The van der Waals surface area contributed by atoms with E-state index in [1.807, 2.05) is 12.1 Å². The second kappa shape index (κ2) is 4.52. The monoisotopic (exact) mass is 189 g/mol. The van der Waals surface area contributed by atoms with Crippen LogP contribution in [0.25, 0.3) is 0 Å². The molecule has 0 aromatic heterocycles. The maximum Gasteiger partial charge on any atom is 0.101 e. The van der Waals surface area contributed by atoms with Gasteiger partial charge in [0, 0.05) is 12.2 Å². The van der Waals surface area contributed by atoms with Crippen molar-refractivity contribution in [1.29, 1.82) is 5.26 Å². The van der Waals surface area contributed by atoms with Crippen molar-refractivity contribution >= 4 is 11.4 Å². The van der Waals surface area contributed by atoms with Gasteiger partial charge in [0.1, 0.15) is 6.07 Å². The van der Waals surface area contributed by atoms with Gasteiger partial charge in [-0.25, -0.2) is 0 Å². The topological polar surface area (TPSA) is 61.8 Å². The van der Waals surface area contributed by atoms with Crippen molar-refractivity contribution in [2.75, 3.05) is 17.6 Å². The lowest BCUT2D eigenvalue weighted by Gasteiger charge is -2.09. The molecule has 0 saturated heterocycles. The van der Waals surface area contributed by atoms with Gasteiger partial charge in [-0.15, -0.1) is 0 Å². The number of nitrogen functional groups attached to an aromatic ring is 1. The molecule has 0 aliphatic rings. The first-order valence-electron chi connectivity index (χ1n) is 4.67. The Kier molecular flexibility index (Phi) is 3.35. The van der Waals surface area contributed by atoms with Gasteiger partial charge >= 0.3 is 0 Å². The fourth-order valence-corrected chi connectivity index (χ4v) is 1.10. The number of benzene rings is 1. The third kappa shape index (κ3) is 2.67. The second-order valence-electron chi connectivity index (χ2n) is 3.69. The van der Waals surface area contributed by atoms with Crippen LogP contribution < -0.4 is 11.1 Å². The van der Waals surface area contributed by atoms with Crippen LogP contribution in [0.3, 0.4) is 0 Å². The second-order valence-corrected chi connectivity index (χ2v) is 3.69. The lowest BCUT2D eigenvalue weighted by Crippen LogP contribution is -2.08. The number of nitriles is 1. The molecule has 0 heterocycles. The van der Waals surface area contributed by atoms with Gasteiger partial charge in [-0.05, 0) is 24.1 Å². The minimum absolute atomic E-state index is 0.528. The summed E-state index contributed by atoms with van der Waals surface area (Å²) in [6.07, 6.45) is 0. The quantitative estimate of drug-likeness (QED) is 0.716. The molecular formula is C11H15N3. The lowest BCUT2D eigenvalue weighted by molar-refractivity contribution is 0.689. The molecule has 3 N–H and O–H groups in total. The van der Waals surface area contributed by atoms with E-state index in [0.29, 0.717) is 17.2 Å². The van der Waals surface area contributed by atoms with Crippen LogP contribution >= 0.6 is 0 Å². The molecule has 0 spiro atoms. The van der Waals surface area contributed by atoms with E-state index in [2.05, 4.69) is 19.2 Å². The molecule has 3 nitrogen and oxygen atoms in total. The highest BCUT2D eigenvalue weighted by Gasteiger charge is 1.99. The van der Waals surface area contributed by atoms with Gasteiger partial charge in [-0.2, -0.15) is 5.26 Å². The van der Waals surface area contributed by atoms with E-state index in [0.717, 1.165) is 12.2 Å². The van der Waals surface area contributed by atoms with Crippen molar-refractivity contribution < 1.29 is 0 Å². The van der Waals surface area contributed by atoms with Crippen LogP contribution in [0.2, 0.25) is 0 Å². The van der Waals surface area contributed by atoms with Crippen molar-refractivity contribution in [2.45, 2.75) is 13.8 Å². The zero-order valence-electron chi connectivity index (χ0n) is 8.54. The summed E-state index contributed by atoms with van der Waals surface area (Å²) in [6, 6.07) is 7.43. The number of nitrogens with zero attached hydrogens (tertiary/aromatic N) is 1. The first-order chi connectivity index (χ1) is 6.63. The number of anilines is 2. The fourth-order valence-electron chi connectivity index (χ4n) is 1.10. The standard InChI is InChI=1S/C11H15N3/c1-8(2)7-14-10-4-3-9(6-12)11(13)5-10/h3-5,8,14H,7,13H2,1-2H3. The zero-order valence-corrected chi connectivity index (χ0v) is 8.54. The fraction of sp³-hybridized carbons (Fsp3) is 0.364. The predicted molar refractivity (Wildman–Crippen MR) is 58.9 cm³/mol. The van der Waals surface area contributed by atoms with Gasteiger partial charge < -0.3 is 11.1 Å². The zero-order chi connectivity index (χ0) is 10.6. The van der Waals surface area contributed by atoms with Gasteiger partial charge in [-0.1, -0.05) is 13.8 Å². The molecule has 0 saturated carbocycles. The van der Waals surface area contributed by atoms with E-state index in [-0.39, 0.29) is 0 Å². The van der Waals surface area contributed by atoms with E-state index in [9.17, 15) is 0 Å². The Morgan fingerprint density at radius 2 is 2.21 bits per heavy atom. The molecule has 3 heteroatoms. The molecule has 74 valence electrons. The number of nitrogens with one attached hydrogen (secondary N) is 1. The minimum Gasteiger partial charge on any atom is -0.398 e. The molecule has 0 amide bonds. The molecule has 0 aliphatic carbocycles. The van der Waals surface area contributed by atoms with Crippen LogP contribution in [0.1, 0.15) is 19.4 Å². The Hall–Kier alpha value is -1.69. The molecule has 1 aromatic carbocycles. The maximum absolute atomic E-state index is 8.68. The molecule has 0 unspecified atom stereocenters. The maximum atomic E-state index is 8.68. The highest BCUT2D eigenvalue weighted by Crippen LogP contribution is 2.17. The lowest BCUT2D eigenvalue weighted by atomic mass is 10.1. The number of nitrogens with two attached hydrogens (primary N) is 1. The van der Waals surface area contributed by atoms with E-state index in [1.165, 1.54) is 0 Å². The first kappa shape index (κ1) is 10.4. The van der Waals surface area contributed by atoms with Gasteiger partial charge in [-0.3, -0.25) is 0 Å². The summed E-state index contributed by atoms with van der Waals surface area (Å²) in [5, 5.41) is 11.9. The Labute approximate surface area is 84.5 Å². The van der Waals surface area contributed by atoms with E-state index in [4.69, 9.17) is 11.0 Å². The van der Waals surface area contributed by atoms with Crippen LogP contribution in [-0.2, 0) is 0 Å². The molecular weight excluding hydrogens is 174 g/mol. The first-order valence-corrected chi connectivity index (χ1v) is 4.67. The molecule has 0 aliphatic heterocycles. The number of hydrogen-bond donors (Lipinski definition) is 2. The summed E-state index contributed by atoms with van der Waals surface area (Å²) in [7, 11) is 0. The van der Waals surface area contributed by atoms with Crippen LogP contribution in [0, 0.1) is 17.2 Å². The van der Waals surface area contributed by atoms with Crippen molar-refractivity contribution in [3.63, 3.8) is 0 Å². The van der Waals surface area contributed by atoms with E-state index in [1.54, 1.807) is 12.1 Å². The molecule has 1 aromatic rings. The molecule has 14 heavy (non-hydrogen) atoms. The summed E-state index contributed by atoms with van der Waals surface area (Å²) in [4.78, 5) is 0. The highest BCUT2D eigenvalue weighted by atomic mass is 14.9. The van der Waals surface area contributed by atoms with Gasteiger partial charge in [0.05, 0.1) is 11.3 Å². The molecule has 0 bridgehead atoms. The molecule has 0 fully saturated rings. The van der Waals surface area contributed by atoms with Crippen molar-refractivity contribution in [3.05, 3.63) is 23.8 Å². The summed E-state index contributed by atoms with van der Waals surface area (Å²) in [6.45, 7) is 5.19. The van der Waals surface area contributed by atoms with Gasteiger partial charge in [0.15, 0.2) is 0 Å². The Morgan fingerprint density at radius 3 is 2.71 bits per heavy atom. The largest absolute Gasteiger partial charge is 0.398 e. The van der Waals surface area contributed by atoms with Crippen molar-refractivity contribution in [1.82, 2.24) is 0 Å². The Balaban J connectivity index is 2.73. The average molecular weight is 189 g/mol. The summed E-state index contributed by atoms with van der Waals surface area (Å²) < 4.78 is 0. The van der Waals surface area contributed by atoms with Crippen molar-refractivity contribution in [3.8, 4) is 6.07 Å². The number of rotatable bonds is 3. The van der Waals surface area contributed by atoms with Gasteiger partial charge in [0.25, 0.3) is 0 Å². The van der Waals surface area contributed by atoms with Crippen LogP contribution in [0.4, 0.5) is 11.4 Å².